The molecule has 0 aromatic carbocycles. The van der Waals surface area contributed by atoms with E-state index in [0.717, 1.165) is 24.2 Å². The lowest BCUT2D eigenvalue weighted by Gasteiger charge is -2.22. The van der Waals surface area contributed by atoms with Gasteiger partial charge in [0, 0.05) is 29.6 Å². The molecular formula is C15H23NO3. The SMILES string of the molecule is Cc1cc(=O)cc(C)n1C(C)CCCC(C)C(=O)O. The molecule has 1 heterocycles. The third kappa shape index (κ3) is 4.23. The molecule has 2 atom stereocenters. The first-order chi connectivity index (χ1) is 8.82. The van der Waals surface area contributed by atoms with Crippen LogP contribution in [-0.2, 0) is 4.79 Å². The summed E-state index contributed by atoms with van der Waals surface area (Å²) in [5.41, 5.74) is 1.96. The van der Waals surface area contributed by atoms with Crippen LogP contribution in [0.1, 0.15) is 50.5 Å². The maximum Gasteiger partial charge on any atom is 0.306 e. The normalized spacial score (nSPS) is 14.1. The second-order valence-electron chi connectivity index (χ2n) is 5.36. The van der Waals surface area contributed by atoms with Gasteiger partial charge < -0.3 is 9.67 Å². The number of carboxylic acid groups (broad SMARTS) is 1. The fourth-order valence-electron chi connectivity index (χ4n) is 2.54. The monoisotopic (exact) mass is 265 g/mol. The number of carbonyl (C=O) groups is 1. The summed E-state index contributed by atoms with van der Waals surface area (Å²) < 4.78 is 2.15. The molecule has 0 saturated carbocycles. The molecule has 0 amide bonds. The lowest BCUT2D eigenvalue weighted by Crippen LogP contribution is -2.17. The van der Waals surface area contributed by atoms with Crippen molar-refractivity contribution in [1.82, 2.24) is 4.57 Å². The van der Waals surface area contributed by atoms with Crippen LogP contribution in [0, 0.1) is 19.8 Å². The average Bonchev–Trinajstić information content (AvgIpc) is 2.26. The Balaban J connectivity index is 2.66. The Morgan fingerprint density at radius 2 is 1.74 bits per heavy atom. The number of hydrogen-bond donors (Lipinski definition) is 1. The zero-order valence-electron chi connectivity index (χ0n) is 12.1. The molecule has 1 rings (SSSR count). The molecule has 0 fully saturated rings. The lowest BCUT2D eigenvalue weighted by molar-refractivity contribution is -0.141. The maximum atomic E-state index is 11.4. The Morgan fingerprint density at radius 1 is 1.21 bits per heavy atom. The van der Waals surface area contributed by atoms with Crippen molar-refractivity contribution < 1.29 is 9.90 Å². The molecule has 1 N–H and O–H groups in total. The molecule has 1 aromatic rings. The number of rotatable bonds is 6. The van der Waals surface area contributed by atoms with Crippen molar-refractivity contribution in [2.24, 2.45) is 5.92 Å². The molecule has 0 aliphatic rings. The molecule has 0 saturated heterocycles. The minimum atomic E-state index is -0.733. The van der Waals surface area contributed by atoms with E-state index in [9.17, 15) is 9.59 Å². The van der Waals surface area contributed by atoms with Crippen LogP contribution >= 0.6 is 0 Å². The summed E-state index contributed by atoms with van der Waals surface area (Å²) in [6.45, 7) is 7.72. The number of carboxylic acids is 1. The third-order valence-corrected chi connectivity index (χ3v) is 3.58. The van der Waals surface area contributed by atoms with Gasteiger partial charge in [-0.3, -0.25) is 9.59 Å². The van der Waals surface area contributed by atoms with Crippen molar-refractivity contribution >= 4 is 5.97 Å². The van der Waals surface area contributed by atoms with Crippen molar-refractivity contribution in [2.45, 2.75) is 53.0 Å². The van der Waals surface area contributed by atoms with Crippen molar-refractivity contribution in [2.75, 3.05) is 0 Å². The summed E-state index contributed by atoms with van der Waals surface area (Å²) in [6.07, 6.45) is 2.49. The van der Waals surface area contributed by atoms with Crippen LogP contribution in [-0.4, -0.2) is 15.6 Å². The molecule has 0 spiro atoms. The van der Waals surface area contributed by atoms with E-state index in [4.69, 9.17) is 5.11 Å². The third-order valence-electron chi connectivity index (χ3n) is 3.58. The topological polar surface area (TPSA) is 59.3 Å². The van der Waals surface area contributed by atoms with E-state index in [1.165, 1.54) is 0 Å². The van der Waals surface area contributed by atoms with Gasteiger partial charge in [-0.2, -0.15) is 0 Å². The van der Waals surface area contributed by atoms with Gasteiger partial charge in [0.25, 0.3) is 0 Å². The van der Waals surface area contributed by atoms with Gasteiger partial charge in [-0.05, 0) is 33.6 Å². The maximum absolute atomic E-state index is 11.4. The number of pyridine rings is 1. The molecule has 1 aromatic heterocycles. The fraction of sp³-hybridized carbons (Fsp3) is 0.600. The van der Waals surface area contributed by atoms with E-state index in [2.05, 4.69) is 11.5 Å². The Kier molecular flexibility index (Phi) is 5.33. The highest BCUT2D eigenvalue weighted by Gasteiger charge is 2.13. The van der Waals surface area contributed by atoms with Crippen molar-refractivity contribution in [3.8, 4) is 0 Å². The molecular weight excluding hydrogens is 242 g/mol. The molecule has 4 heteroatoms. The van der Waals surface area contributed by atoms with Crippen LogP contribution in [0.25, 0.3) is 0 Å². The van der Waals surface area contributed by atoms with Crippen LogP contribution in [0.4, 0.5) is 0 Å². The molecule has 4 nitrogen and oxygen atoms in total. The fourth-order valence-corrected chi connectivity index (χ4v) is 2.54. The molecule has 19 heavy (non-hydrogen) atoms. The predicted octanol–water partition coefficient (Wildman–Crippen LogP) is 2.92. The van der Waals surface area contributed by atoms with E-state index in [1.54, 1.807) is 19.1 Å². The van der Waals surface area contributed by atoms with Gasteiger partial charge >= 0.3 is 5.97 Å². The first kappa shape index (κ1) is 15.5. The van der Waals surface area contributed by atoms with E-state index in [1.807, 2.05) is 13.8 Å². The quantitative estimate of drug-likeness (QED) is 0.860. The highest BCUT2D eigenvalue weighted by Crippen LogP contribution is 2.20. The Morgan fingerprint density at radius 3 is 2.21 bits per heavy atom. The van der Waals surface area contributed by atoms with Crippen LogP contribution in [0.15, 0.2) is 16.9 Å². The molecule has 0 aliphatic carbocycles. The highest BCUT2D eigenvalue weighted by molar-refractivity contribution is 5.69. The standard InChI is InChI=1S/C15H23NO3/c1-10(15(18)19)6-5-7-11(2)16-12(3)8-14(17)9-13(16)4/h8-11H,5-7H2,1-4H3,(H,18,19). The van der Waals surface area contributed by atoms with Crippen molar-refractivity contribution in [1.29, 1.82) is 0 Å². The van der Waals surface area contributed by atoms with Gasteiger partial charge in [-0.1, -0.05) is 13.3 Å². The zero-order valence-corrected chi connectivity index (χ0v) is 12.1. The van der Waals surface area contributed by atoms with Gasteiger partial charge in [-0.15, -0.1) is 0 Å². The van der Waals surface area contributed by atoms with E-state index >= 15 is 0 Å². The Hall–Kier alpha value is -1.58. The van der Waals surface area contributed by atoms with Crippen LogP contribution < -0.4 is 5.43 Å². The number of aromatic nitrogens is 1. The van der Waals surface area contributed by atoms with Crippen molar-refractivity contribution in [3.63, 3.8) is 0 Å². The molecule has 2 unspecified atom stereocenters. The van der Waals surface area contributed by atoms with E-state index in [0.29, 0.717) is 6.42 Å². The minimum absolute atomic E-state index is 0.0398. The first-order valence-electron chi connectivity index (χ1n) is 6.75. The summed E-state index contributed by atoms with van der Waals surface area (Å²) in [7, 11) is 0. The van der Waals surface area contributed by atoms with Crippen LogP contribution in [0.2, 0.25) is 0 Å². The largest absolute Gasteiger partial charge is 0.481 e. The smallest absolute Gasteiger partial charge is 0.306 e. The predicted molar refractivity (Wildman–Crippen MR) is 75.5 cm³/mol. The second-order valence-corrected chi connectivity index (χ2v) is 5.36. The van der Waals surface area contributed by atoms with Gasteiger partial charge in [0.05, 0.1) is 5.92 Å². The summed E-state index contributed by atoms with van der Waals surface area (Å²) in [4.78, 5) is 22.1. The molecule has 0 aliphatic heterocycles. The highest BCUT2D eigenvalue weighted by atomic mass is 16.4. The number of hydrogen-bond acceptors (Lipinski definition) is 2. The van der Waals surface area contributed by atoms with E-state index in [-0.39, 0.29) is 17.4 Å². The minimum Gasteiger partial charge on any atom is -0.481 e. The number of nitrogens with zero attached hydrogens (tertiary/aromatic N) is 1. The van der Waals surface area contributed by atoms with Gasteiger partial charge in [0.2, 0.25) is 0 Å². The van der Waals surface area contributed by atoms with Gasteiger partial charge in [0.15, 0.2) is 5.43 Å². The summed E-state index contributed by atoms with van der Waals surface area (Å²) in [6, 6.07) is 3.56. The lowest BCUT2D eigenvalue weighted by atomic mass is 10.0. The average molecular weight is 265 g/mol. The molecule has 0 bridgehead atoms. The van der Waals surface area contributed by atoms with E-state index < -0.39 is 5.97 Å². The Labute approximate surface area is 114 Å². The molecule has 0 radical (unpaired) electrons. The van der Waals surface area contributed by atoms with Crippen LogP contribution in [0.3, 0.4) is 0 Å². The van der Waals surface area contributed by atoms with Gasteiger partial charge in [0.1, 0.15) is 0 Å². The number of aliphatic carboxylic acids is 1. The number of aryl methyl sites for hydroxylation is 2. The summed E-state index contributed by atoms with van der Waals surface area (Å²) in [5.74, 6) is -1.02. The Bertz CT molecular complexity index is 478. The second kappa shape index (κ2) is 6.55. The summed E-state index contributed by atoms with van der Waals surface area (Å²) >= 11 is 0. The van der Waals surface area contributed by atoms with Crippen molar-refractivity contribution in [3.05, 3.63) is 33.7 Å². The zero-order chi connectivity index (χ0) is 14.6. The van der Waals surface area contributed by atoms with Gasteiger partial charge in [-0.25, -0.2) is 0 Å². The van der Waals surface area contributed by atoms with Crippen LogP contribution in [0.5, 0.6) is 0 Å². The molecule has 106 valence electrons. The summed E-state index contributed by atoms with van der Waals surface area (Å²) in [5, 5.41) is 8.84. The first-order valence-corrected chi connectivity index (χ1v) is 6.75.